The number of carbonyl (C=O) groups excluding carboxylic acids is 2. The average Bonchev–Trinajstić information content (AvgIpc) is 3.12. The monoisotopic (exact) mass is 290 g/mol. The average molecular weight is 290 g/mol. The van der Waals surface area contributed by atoms with Gasteiger partial charge in [0.1, 0.15) is 0 Å². The summed E-state index contributed by atoms with van der Waals surface area (Å²) in [5.74, 6) is 1.16. The number of rotatable bonds is 5. The van der Waals surface area contributed by atoms with Crippen LogP contribution in [0.3, 0.4) is 0 Å². The van der Waals surface area contributed by atoms with Gasteiger partial charge in [0.2, 0.25) is 18.6 Å². The summed E-state index contributed by atoms with van der Waals surface area (Å²) in [7, 11) is 0. The lowest BCUT2D eigenvalue weighted by atomic mass is 10.2. The predicted octanol–water partition coefficient (Wildman–Crippen LogP) is 1.04. The molecule has 1 saturated carbocycles. The predicted molar refractivity (Wildman–Crippen MR) is 74.8 cm³/mol. The zero-order valence-electron chi connectivity index (χ0n) is 11.9. The largest absolute Gasteiger partial charge is 0.454 e. The minimum absolute atomic E-state index is 0.0836. The first-order valence-electron chi connectivity index (χ1n) is 7.05. The lowest BCUT2D eigenvalue weighted by Gasteiger charge is -2.20. The number of hydrogen-bond donors (Lipinski definition) is 1. The summed E-state index contributed by atoms with van der Waals surface area (Å²) in [5.41, 5.74) is 0.911. The van der Waals surface area contributed by atoms with Crippen molar-refractivity contribution < 1.29 is 19.1 Å². The van der Waals surface area contributed by atoms with Crippen LogP contribution in [0.25, 0.3) is 0 Å². The fourth-order valence-corrected chi connectivity index (χ4v) is 2.21. The van der Waals surface area contributed by atoms with E-state index in [4.69, 9.17) is 9.47 Å². The van der Waals surface area contributed by atoms with Crippen molar-refractivity contribution in [2.45, 2.75) is 32.4 Å². The molecule has 1 aromatic carbocycles. The maximum atomic E-state index is 11.8. The Morgan fingerprint density at radius 1 is 1.29 bits per heavy atom. The molecule has 1 heterocycles. The molecule has 1 N–H and O–H groups in total. The fourth-order valence-electron chi connectivity index (χ4n) is 2.21. The molecule has 6 heteroatoms. The third kappa shape index (κ3) is 3.45. The molecule has 6 nitrogen and oxygen atoms in total. The lowest BCUT2D eigenvalue weighted by molar-refractivity contribution is -0.135. The van der Waals surface area contributed by atoms with Crippen LogP contribution in [0, 0.1) is 0 Å². The van der Waals surface area contributed by atoms with Crippen molar-refractivity contribution in [3.05, 3.63) is 23.8 Å². The summed E-state index contributed by atoms with van der Waals surface area (Å²) in [5, 5.41) is 2.89. The van der Waals surface area contributed by atoms with E-state index in [1.165, 1.54) is 11.8 Å². The second kappa shape index (κ2) is 5.63. The first-order chi connectivity index (χ1) is 10.1. The van der Waals surface area contributed by atoms with Gasteiger partial charge in [-0.2, -0.15) is 0 Å². The molecule has 2 aliphatic rings. The van der Waals surface area contributed by atoms with Crippen LogP contribution < -0.4 is 14.8 Å². The van der Waals surface area contributed by atoms with Crippen LogP contribution >= 0.6 is 0 Å². The van der Waals surface area contributed by atoms with E-state index in [9.17, 15) is 9.59 Å². The molecule has 0 spiro atoms. The SMILES string of the molecule is CC(=O)N(CC(=O)NC1CC1)Cc1ccc2c(c1)OCO2. The van der Waals surface area contributed by atoms with Crippen molar-refractivity contribution in [2.24, 2.45) is 0 Å². The van der Waals surface area contributed by atoms with E-state index >= 15 is 0 Å². The van der Waals surface area contributed by atoms with Crippen molar-refractivity contribution in [3.63, 3.8) is 0 Å². The van der Waals surface area contributed by atoms with Crippen molar-refractivity contribution in [3.8, 4) is 11.5 Å². The Hall–Kier alpha value is -2.24. The number of fused-ring (bicyclic) bond motifs is 1. The molecule has 1 aliphatic carbocycles. The highest BCUT2D eigenvalue weighted by molar-refractivity contribution is 5.84. The standard InChI is InChI=1S/C15H18N2O4/c1-10(18)17(8-15(19)16-12-3-4-12)7-11-2-5-13-14(6-11)21-9-20-13/h2,5-6,12H,3-4,7-9H2,1H3,(H,16,19). The summed E-state index contributed by atoms with van der Waals surface area (Å²) in [4.78, 5) is 25.1. The lowest BCUT2D eigenvalue weighted by Crippen LogP contribution is -2.40. The number of ether oxygens (including phenoxy) is 2. The summed E-state index contributed by atoms with van der Waals surface area (Å²) >= 11 is 0. The van der Waals surface area contributed by atoms with Gasteiger partial charge in [0.25, 0.3) is 0 Å². The Labute approximate surface area is 123 Å². The van der Waals surface area contributed by atoms with E-state index < -0.39 is 0 Å². The molecule has 2 amide bonds. The van der Waals surface area contributed by atoms with Gasteiger partial charge >= 0.3 is 0 Å². The van der Waals surface area contributed by atoms with Gasteiger partial charge in [0, 0.05) is 19.5 Å². The first-order valence-corrected chi connectivity index (χ1v) is 7.05. The topological polar surface area (TPSA) is 67.9 Å². The smallest absolute Gasteiger partial charge is 0.239 e. The number of nitrogens with zero attached hydrogens (tertiary/aromatic N) is 1. The molecular formula is C15H18N2O4. The van der Waals surface area contributed by atoms with Crippen molar-refractivity contribution in [2.75, 3.05) is 13.3 Å². The van der Waals surface area contributed by atoms with Crippen LogP contribution in [0.5, 0.6) is 11.5 Å². The molecule has 1 aromatic rings. The van der Waals surface area contributed by atoms with Crippen LogP contribution in [0.15, 0.2) is 18.2 Å². The van der Waals surface area contributed by atoms with Crippen LogP contribution in [0.1, 0.15) is 25.3 Å². The summed E-state index contributed by atoms with van der Waals surface area (Å²) in [6.07, 6.45) is 2.07. The van der Waals surface area contributed by atoms with Gasteiger partial charge in [-0.15, -0.1) is 0 Å². The molecular weight excluding hydrogens is 272 g/mol. The van der Waals surface area contributed by atoms with Gasteiger partial charge in [0.05, 0.1) is 6.54 Å². The molecule has 0 saturated heterocycles. The number of hydrogen-bond acceptors (Lipinski definition) is 4. The van der Waals surface area contributed by atoms with Gasteiger partial charge in [0.15, 0.2) is 11.5 Å². The summed E-state index contributed by atoms with van der Waals surface area (Å²) in [6, 6.07) is 5.84. The van der Waals surface area contributed by atoms with Crippen LogP contribution in [0.2, 0.25) is 0 Å². The van der Waals surface area contributed by atoms with Gasteiger partial charge in [-0.25, -0.2) is 0 Å². The third-order valence-electron chi connectivity index (χ3n) is 3.53. The Morgan fingerprint density at radius 2 is 2.05 bits per heavy atom. The van der Waals surface area contributed by atoms with Crippen molar-refractivity contribution >= 4 is 11.8 Å². The zero-order chi connectivity index (χ0) is 14.8. The Morgan fingerprint density at radius 3 is 2.76 bits per heavy atom. The molecule has 0 radical (unpaired) electrons. The van der Waals surface area contributed by atoms with Crippen LogP contribution in [-0.2, 0) is 16.1 Å². The quantitative estimate of drug-likeness (QED) is 0.880. The minimum atomic E-state index is -0.126. The summed E-state index contributed by atoms with van der Waals surface area (Å²) in [6.45, 7) is 2.15. The van der Waals surface area contributed by atoms with E-state index in [1.807, 2.05) is 18.2 Å². The van der Waals surface area contributed by atoms with E-state index in [-0.39, 0.29) is 25.2 Å². The fraction of sp³-hybridized carbons (Fsp3) is 0.467. The number of benzene rings is 1. The van der Waals surface area contributed by atoms with Gasteiger partial charge in [-0.3, -0.25) is 9.59 Å². The molecule has 0 unspecified atom stereocenters. The zero-order valence-corrected chi connectivity index (χ0v) is 11.9. The Balaban J connectivity index is 1.63. The molecule has 1 fully saturated rings. The number of carbonyl (C=O) groups is 2. The van der Waals surface area contributed by atoms with Gasteiger partial charge < -0.3 is 19.7 Å². The Kier molecular flexibility index (Phi) is 3.68. The summed E-state index contributed by atoms with van der Waals surface area (Å²) < 4.78 is 10.6. The van der Waals surface area contributed by atoms with Crippen LogP contribution in [0.4, 0.5) is 0 Å². The van der Waals surface area contributed by atoms with Crippen LogP contribution in [-0.4, -0.2) is 36.1 Å². The molecule has 0 bridgehead atoms. The second-order valence-electron chi connectivity index (χ2n) is 5.40. The minimum Gasteiger partial charge on any atom is -0.454 e. The van der Waals surface area contributed by atoms with E-state index in [2.05, 4.69) is 5.32 Å². The Bertz CT molecular complexity index is 569. The van der Waals surface area contributed by atoms with Crippen molar-refractivity contribution in [1.82, 2.24) is 10.2 Å². The van der Waals surface area contributed by atoms with Gasteiger partial charge in [-0.05, 0) is 30.5 Å². The number of nitrogens with one attached hydrogen (secondary N) is 1. The highest BCUT2D eigenvalue weighted by atomic mass is 16.7. The van der Waals surface area contributed by atoms with E-state index in [1.54, 1.807) is 0 Å². The molecule has 21 heavy (non-hydrogen) atoms. The molecule has 0 atom stereocenters. The van der Waals surface area contributed by atoms with E-state index in [0.29, 0.717) is 24.1 Å². The highest BCUT2D eigenvalue weighted by Crippen LogP contribution is 2.32. The molecule has 1 aliphatic heterocycles. The van der Waals surface area contributed by atoms with Gasteiger partial charge in [-0.1, -0.05) is 6.07 Å². The maximum Gasteiger partial charge on any atom is 0.239 e. The molecule has 112 valence electrons. The maximum absolute atomic E-state index is 11.8. The van der Waals surface area contributed by atoms with Crippen molar-refractivity contribution in [1.29, 1.82) is 0 Å². The number of amides is 2. The normalized spacial score (nSPS) is 15.7. The molecule has 0 aromatic heterocycles. The highest BCUT2D eigenvalue weighted by Gasteiger charge is 2.25. The first kappa shape index (κ1) is 13.7. The second-order valence-corrected chi connectivity index (χ2v) is 5.40. The third-order valence-corrected chi connectivity index (χ3v) is 3.53. The molecule has 3 rings (SSSR count). The van der Waals surface area contributed by atoms with E-state index in [0.717, 1.165) is 18.4 Å².